The van der Waals surface area contributed by atoms with Gasteiger partial charge in [-0.1, -0.05) is 6.07 Å². The van der Waals surface area contributed by atoms with Crippen molar-refractivity contribution in [2.45, 2.75) is 26.0 Å². The van der Waals surface area contributed by atoms with E-state index in [-0.39, 0.29) is 0 Å². The molecular formula is C14H17NOS2. The fraction of sp³-hybridized carbons (Fsp3) is 0.357. The highest BCUT2D eigenvalue weighted by atomic mass is 32.1. The van der Waals surface area contributed by atoms with Gasteiger partial charge in [0.2, 0.25) is 0 Å². The van der Waals surface area contributed by atoms with Gasteiger partial charge in [-0.05, 0) is 37.1 Å². The Morgan fingerprint density at radius 3 is 2.56 bits per heavy atom. The number of aromatic nitrogens is 1. The predicted octanol–water partition coefficient (Wildman–Crippen LogP) is 3.81. The van der Waals surface area contributed by atoms with E-state index in [0.29, 0.717) is 6.61 Å². The summed E-state index contributed by atoms with van der Waals surface area (Å²) in [6, 6.07) is 6.27. The summed E-state index contributed by atoms with van der Waals surface area (Å²) < 4.78 is 5.76. The molecule has 0 saturated carbocycles. The topological polar surface area (TPSA) is 22.1 Å². The zero-order valence-corrected chi connectivity index (χ0v) is 12.4. The molecule has 0 amide bonds. The van der Waals surface area contributed by atoms with Gasteiger partial charge in [-0.15, -0.1) is 11.3 Å². The SMILES string of the molecule is Cc1cc(C)cc(OCCc2ncc(CS)s2)c1. The van der Waals surface area contributed by atoms with Crippen molar-refractivity contribution in [2.24, 2.45) is 0 Å². The van der Waals surface area contributed by atoms with Crippen LogP contribution in [0.2, 0.25) is 0 Å². The Morgan fingerprint density at radius 2 is 1.94 bits per heavy atom. The molecule has 0 fully saturated rings. The van der Waals surface area contributed by atoms with Crippen LogP contribution in [0, 0.1) is 13.8 Å². The van der Waals surface area contributed by atoms with Gasteiger partial charge in [0.1, 0.15) is 5.75 Å². The average Bonchev–Trinajstić information content (AvgIpc) is 2.76. The van der Waals surface area contributed by atoms with E-state index < -0.39 is 0 Å². The molecule has 2 aromatic rings. The highest BCUT2D eigenvalue weighted by Gasteiger charge is 2.02. The third-order valence-electron chi connectivity index (χ3n) is 2.54. The fourth-order valence-electron chi connectivity index (χ4n) is 1.81. The van der Waals surface area contributed by atoms with Gasteiger partial charge in [0, 0.05) is 23.2 Å². The van der Waals surface area contributed by atoms with E-state index in [1.54, 1.807) is 11.3 Å². The van der Waals surface area contributed by atoms with Crippen molar-refractivity contribution in [2.75, 3.05) is 6.61 Å². The fourth-order valence-corrected chi connectivity index (χ4v) is 2.85. The van der Waals surface area contributed by atoms with Crippen molar-refractivity contribution in [1.29, 1.82) is 0 Å². The van der Waals surface area contributed by atoms with Gasteiger partial charge in [-0.3, -0.25) is 0 Å². The van der Waals surface area contributed by atoms with E-state index in [0.717, 1.165) is 22.9 Å². The summed E-state index contributed by atoms with van der Waals surface area (Å²) in [5, 5.41) is 1.11. The number of benzene rings is 1. The molecule has 0 atom stereocenters. The maximum atomic E-state index is 5.76. The van der Waals surface area contributed by atoms with Gasteiger partial charge in [-0.25, -0.2) is 4.98 Å². The summed E-state index contributed by atoms with van der Waals surface area (Å²) in [4.78, 5) is 5.55. The third kappa shape index (κ3) is 3.75. The van der Waals surface area contributed by atoms with Gasteiger partial charge in [0.15, 0.2) is 0 Å². The molecule has 2 rings (SSSR count). The molecule has 0 radical (unpaired) electrons. The number of nitrogens with zero attached hydrogens (tertiary/aromatic N) is 1. The number of hydrogen-bond acceptors (Lipinski definition) is 4. The molecule has 2 nitrogen and oxygen atoms in total. The molecule has 96 valence electrons. The molecule has 0 saturated heterocycles. The summed E-state index contributed by atoms with van der Waals surface area (Å²) in [5.74, 6) is 1.70. The number of rotatable bonds is 5. The van der Waals surface area contributed by atoms with Crippen LogP contribution in [0.4, 0.5) is 0 Å². The largest absolute Gasteiger partial charge is 0.493 e. The Morgan fingerprint density at radius 1 is 1.22 bits per heavy atom. The summed E-state index contributed by atoms with van der Waals surface area (Å²) in [7, 11) is 0. The molecule has 0 aliphatic carbocycles. The first-order valence-electron chi connectivity index (χ1n) is 5.93. The normalized spacial score (nSPS) is 10.6. The van der Waals surface area contributed by atoms with Crippen LogP contribution in [0.15, 0.2) is 24.4 Å². The van der Waals surface area contributed by atoms with Gasteiger partial charge in [0.25, 0.3) is 0 Å². The molecular weight excluding hydrogens is 262 g/mol. The van der Waals surface area contributed by atoms with Crippen molar-refractivity contribution in [3.05, 3.63) is 45.4 Å². The third-order valence-corrected chi connectivity index (χ3v) is 4.15. The first-order valence-corrected chi connectivity index (χ1v) is 7.38. The second-order valence-electron chi connectivity index (χ2n) is 4.30. The van der Waals surface area contributed by atoms with Gasteiger partial charge in [0.05, 0.1) is 11.6 Å². The highest BCUT2D eigenvalue weighted by molar-refractivity contribution is 7.79. The lowest BCUT2D eigenvalue weighted by Gasteiger charge is -2.07. The zero-order valence-electron chi connectivity index (χ0n) is 10.6. The molecule has 0 spiro atoms. The minimum atomic E-state index is 0.669. The summed E-state index contributed by atoms with van der Waals surface area (Å²) in [6.07, 6.45) is 2.75. The highest BCUT2D eigenvalue weighted by Crippen LogP contribution is 2.18. The quantitative estimate of drug-likeness (QED) is 0.841. The first-order chi connectivity index (χ1) is 8.67. The molecule has 1 aromatic heterocycles. The van der Waals surface area contributed by atoms with E-state index in [1.807, 2.05) is 6.20 Å². The maximum Gasteiger partial charge on any atom is 0.119 e. The van der Waals surface area contributed by atoms with E-state index in [9.17, 15) is 0 Å². The van der Waals surface area contributed by atoms with E-state index >= 15 is 0 Å². The molecule has 0 bridgehead atoms. The predicted molar refractivity (Wildman–Crippen MR) is 79.9 cm³/mol. The smallest absolute Gasteiger partial charge is 0.119 e. The zero-order chi connectivity index (χ0) is 13.0. The van der Waals surface area contributed by atoms with Gasteiger partial charge >= 0.3 is 0 Å². The first kappa shape index (κ1) is 13.4. The van der Waals surface area contributed by atoms with Crippen LogP contribution < -0.4 is 4.74 Å². The van der Waals surface area contributed by atoms with Crippen molar-refractivity contribution in [3.8, 4) is 5.75 Å². The average molecular weight is 279 g/mol. The second kappa shape index (κ2) is 6.25. The monoisotopic (exact) mass is 279 g/mol. The van der Waals surface area contributed by atoms with Crippen LogP contribution in [0.1, 0.15) is 21.0 Å². The molecule has 1 aromatic carbocycles. The van der Waals surface area contributed by atoms with E-state index in [4.69, 9.17) is 4.74 Å². The van der Waals surface area contributed by atoms with Gasteiger partial charge < -0.3 is 4.74 Å². The van der Waals surface area contributed by atoms with E-state index in [2.05, 4.69) is 49.7 Å². The minimum absolute atomic E-state index is 0.669. The summed E-state index contributed by atoms with van der Waals surface area (Å²) >= 11 is 5.94. The molecule has 4 heteroatoms. The lowest BCUT2D eigenvalue weighted by atomic mass is 10.1. The second-order valence-corrected chi connectivity index (χ2v) is 5.82. The number of thiol groups is 1. The Balaban J connectivity index is 1.88. The number of aryl methyl sites for hydroxylation is 2. The standard InChI is InChI=1S/C14H17NOS2/c1-10-5-11(2)7-12(6-10)16-4-3-14-15-8-13(9-17)18-14/h5-8,17H,3-4,9H2,1-2H3. The molecule has 0 N–H and O–H groups in total. The van der Waals surface area contributed by atoms with Crippen LogP contribution in [0.5, 0.6) is 5.75 Å². The number of hydrogen-bond donors (Lipinski definition) is 1. The minimum Gasteiger partial charge on any atom is -0.493 e. The van der Waals surface area contributed by atoms with Crippen LogP contribution in [-0.4, -0.2) is 11.6 Å². The Hall–Kier alpha value is -1.000. The van der Waals surface area contributed by atoms with Crippen molar-refractivity contribution in [3.63, 3.8) is 0 Å². The Labute approximate surface area is 117 Å². The van der Waals surface area contributed by atoms with Crippen LogP contribution in [0.3, 0.4) is 0 Å². The summed E-state index contributed by atoms with van der Waals surface area (Å²) in [5.41, 5.74) is 2.47. The van der Waals surface area contributed by atoms with Crippen LogP contribution in [0.25, 0.3) is 0 Å². The lowest BCUT2D eigenvalue weighted by Crippen LogP contribution is -2.01. The van der Waals surface area contributed by atoms with Crippen molar-refractivity contribution >= 4 is 24.0 Å². The van der Waals surface area contributed by atoms with Crippen molar-refractivity contribution < 1.29 is 4.74 Å². The summed E-state index contributed by atoms with van der Waals surface area (Å²) in [6.45, 7) is 4.84. The number of thiazole rings is 1. The number of ether oxygens (including phenoxy) is 1. The molecule has 1 heterocycles. The Kier molecular flexibility index (Phi) is 4.66. The molecule has 0 aliphatic heterocycles. The van der Waals surface area contributed by atoms with E-state index in [1.165, 1.54) is 16.0 Å². The lowest BCUT2D eigenvalue weighted by molar-refractivity contribution is 0.321. The van der Waals surface area contributed by atoms with Gasteiger partial charge in [-0.2, -0.15) is 12.6 Å². The van der Waals surface area contributed by atoms with Crippen LogP contribution >= 0.6 is 24.0 Å². The van der Waals surface area contributed by atoms with Crippen LogP contribution in [-0.2, 0) is 12.2 Å². The molecule has 0 aliphatic rings. The van der Waals surface area contributed by atoms with Crippen molar-refractivity contribution in [1.82, 2.24) is 4.98 Å². The maximum absolute atomic E-state index is 5.76. The molecule has 0 unspecified atom stereocenters. The molecule has 18 heavy (non-hydrogen) atoms. The Bertz CT molecular complexity index is 502.